The Morgan fingerprint density at radius 3 is 2.45 bits per heavy atom. The summed E-state index contributed by atoms with van der Waals surface area (Å²) in [6.07, 6.45) is 7.08. The largest absolute Gasteiger partial charge is 0.319 e. The Hall–Kier alpha value is -2.58. The van der Waals surface area contributed by atoms with E-state index in [1.807, 2.05) is 0 Å². The van der Waals surface area contributed by atoms with Gasteiger partial charge in [-0.15, -0.1) is 0 Å². The molecule has 0 bridgehead atoms. The highest BCUT2D eigenvalue weighted by molar-refractivity contribution is 7.89. The normalized spacial score (nSPS) is 14.3. The number of sulfonamides is 1. The van der Waals surface area contributed by atoms with Crippen LogP contribution in [-0.2, 0) is 10.0 Å². The first-order valence-electron chi connectivity index (χ1n) is 9.39. The second kappa shape index (κ2) is 9.28. The van der Waals surface area contributed by atoms with Crippen molar-refractivity contribution in [1.82, 2.24) is 4.72 Å². The number of amides is 1. The first-order valence-corrected chi connectivity index (χ1v) is 10.9. The predicted molar refractivity (Wildman–Crippen MR) is 107 cm³/mol. The van der Waals surface area contributed by atoms with Crippen LogP contribution in [0.25, 0.3) is 0 Å². The molecule has 1 aliphatic carbocycles. The summed E-state index contributed by atoms with van der Waals surface area (Å²) in [5.74, 6) is -1.99. The van der Waals surface area contributed by atoms with Gasteiger partial charge in [0.2, 0.25) is 10.0 Å². The third-order valence-corrected chi connectivity index (χ3v) is 6.19. The molecule has 1 aliphatic rings. The van der Waals surface area contributed by atoms with Crippen LogP contribution in [0.2, 0.25) is 0 Å². The molecule has 2 aromatic rings. The van der Waals surface area contributed by atoms with Gasteiger partial charge >= 0.3 is 0 Å². The van der Waals surface area contributed by atoms with Gasteiger partial charge in [0.05, 0.1) is 10.6 Å². The van der Waals surface area contributed by atoms with Crippen molar-refractivity contribution in [2.75, 3.05) is 11.9 Å². The van der Waals surface area contributed by atoms with Crippen LogP contribution in [-0.4, -0.2) is 20.9 Å². The highest BCUT2D eigenvalue weighted by Gasteiger charge is 2.17. The number of hydrogen-bond donors (Lipinski definition) is 2. The summed E-state index contributed by atoms with van der Waals surface area (Å²) in [4.78, 5) is 11.9. The Bertz CT molecular complexity index is 1020. The lowest BCUT2D eigenvalue weighted by Crippen LogP contribution is -2.25. The first kappa shape index (κ1) is 21.1. The van der Waals surface area contributed by atoms with Crippen molar-refractivity contribution in [2.45, 2.75) is 37.0 Å². The lowest BCUT2D eigenvalue weighted by Gasteiger charge is -2.13. The minimum Gasteiger partial charge on any atom is -0.319 e. The van der Waals surface area contributed by atoms with Crippen molar-refractivity contribution in [3.8, 4) is 0 Å². The van der Waals surface area contributed by atoms with Crippen LogP contribution in [0.5, 0.6) is 0 Å². The van der Waals surface area contributed by atoms with Gasteiger partial charge in [-0.1, -0.05) is 11.6 Å². The molecule has 2 aromatic carbocycles. The Kier molecular flexibility index (Phi) is 6.76. The van der Waals surface area contributed by atoms with Gasteiger partial charge in [-0.3, -0.25) is 4.79 Å². The third kappa shape index (κ3) is 5.71. The molecule has 0 radical (unpaired) electrons. The smallest absolute Gasteiger partial charge is 0.255 e. The fourth-order valence-electron chi connectivity index (χ4n) is 3.12. The van der Waals surface area contributed by atoms with Crippen molar-refractivity contribution < 1.29 is 22.0 Å². The molecule has 0 atom stereocenters. The van der Waals surface area contributed by atoms with Gasteiger partial charge in [-0.05, 0) is 74.6 Å². The van der Waals surface area contributed by atoms with Gasteiger partial charge in [0.1, 0.15) is 11.6 Å². The third-order valence-electron chi connectivity index (χ3n) is 4.73. The summed E-state index contributed by atoms with van der Waals surface area (Å²) in [6.45, 7) is 0.249. The SMILES string of the molecule is O=C(Nc1ccc(S(=O)(=O)NCCC2=CCCCC2)cc1F)c1ccc(F)cc1. The Labute approximate surface area is 168 Å². The average Bonchev–Trinajstić information content (AvgIpc) is 2.70. The van der Waals surface area contributed by atoms with Crippen LogP contribution in [0, 0.1) is 11.6 Å². The van der Waals surface area contributed by atoms with Crippen molar-refractivity contribution >= 4 is 21.6 Å². The van der Waals surface area contributed by atoms with Crippen molar-refractivity contribution in [3.05, 3.63) is 71.3 Å². The molecule has 0 heterocycles. The molecule has 29 heavy (non-hydrogen) atoms. The standard InChI is InChI=1S/C21H22F2N2O3S/c22-17-8-6-16(7-9-17)21(26)25-20-11-10-18(14-19(20)23)29(27,28)24-13-12-15-4-2-1-3-5-15/h4,6-11,14,24H,1-3,5,12-13H2,(H,25,26). The fourth-order valence-corrected chi connectivity index (χ4v) is 4.16. The molecule has 2 N–H and O–H groups in total. The van der Waals surface area contributed by atoms with Gasteiger partial charge in [0.25, 0.3) is 5.91 Å². The Morgan fingerprint density at radius 1 is 1.03 bits per heavy atom. The maximum Gasteiger partial charge on any atom is 0.255 e. The van der Waals surface area contributed by atoms with E-state index < -0.39 is 27.6 Å². The van der Waals surface area contributed by atoms with Crippen LogP contribution in [0.4, 0.5) is 14.5 Å². The zero-order valence-corrected chi connectivity index (χ0v) is 16.6. The van der Waals surface area contributed by atoms with Crippen LogP contribution in [0.3, 0.4) is 0 Å². The molecule has 1 amide bonds. The van der Waals surface area contributed by atoms with E-state index in [1.54, 1.807) is 0 Å². The molecule has 154 valence electrons. The second-order valence-corrected chi connectivity index (χ2v) is 8.63. The summed E-state index contributed by atoms with van der Waals surface area (Å²) >= 11 is 0. The highest BCUT2D eigenvalue weighted by atomic mass is 32.2. The molecule has 0 aliphatic heterocycles. The summed E-state index contributed by atoms with van der Waals surface area (Å²) in [6, 6.07) is 8.06. The molecule has 8 heteroatoms. The zero-order chi connectivity index (χ0) is 20.9. The number of nitrogens with one attached hydrogen (secondary N) is 2. The van der Waals surface area contributed by atoms with E-state index >= 15 is 0 Å². The van der Waals surface area contributed by atoms with E-state index in [0.29, 0.717) is 6.42 Å². The lowest BCUT2D eigenvalue weighted by molar-refractivity contribution is 0.102. The summed E-state index contributed by atoms with van der Waals surface area (Å²) in [5, 5.41) is 2.35. The van der Waals surface area contributed by atoms with E-state index in [0.717, 1.165) is 37.5 Å². The van der Waals surface area contributed by atoms with Gasteiger partial charge < -0.3 is 5.32 Å². The number of allylic oxidation sites excluding steroid dienone is 1. The second-order valence-electron chi connectivity index (χ2n) is 6.86. The molecule has 0 saturated carbocycles. The Morgan fingerprint density at radius 2 is 1.79 bits per heavy atom. The lowest BCUT2D eigenvalue weighted by atomic mass is 9.97. The zero-order valence-electron chi connectivity index (χ0n) is 15.8. The summed E-state index contributed by atoms with van der Waals surface area (Å²) in [5.41, 5.74) is 1.23. The number of halogens is 2. The van der Waals surface area contributed by atoms with Crippen molar-refractivity contribution in [2.24, 2.45) is 0 Å². The fraction of sp³-hybridized carbons (Fsp3) is 0.286. The van der Waals surface area contributed by atoms with Gasteiger partial charge in [0, 0.05) is 12.1 Å². The molecule has 0 aromatic heterocycles. The van der Waals surface area contributed by atoms with E-state index in [4.69, 9.17) is 0 Å². The van der Waals surface area contributed by atoms with E-state index in [1.165, 1.54) is 36.3 Å². The van der Waals surface area contributed by atoms with Crippen LogP contribution in [0.1, 0.15) is 42.5 Å². The molecular formula is C21H22F2N2O3S. The number of hydrogen-bond acceptors (Lipinski definition) is 3. The average molecular weight is 420 g/mol. The van der Waals surface area contributed by atoms with Gasteiger partial charge in [-0.25, -0.2) is 21.9 Å². The molecule has 0 fully saturated rings. The minimum absolute atomic E-state index is 0.154. The molecule has 0 saturated heterocycles. The van der Waals surface area contributed by atoms with Crippen LogP contribution >= 0.6 is 0 Å². The molecular weight excluding hydrogens is 398 g/mol. The van der Waals surface area contributed by atoms with Gasteiger partial charge in [-0.2, -0.15) is 0 Å². The first-order chi connectivity index (χ1) is 13.8. The molecule has 0 unspecified atom stereocenters. The molecule has 5 nitrogen and oxygen atoms in total. The van der Waals surface area contributed by atoms with Crippen molar-refractivity contribution in [3.63, 3.8) is 0 Å². The predicted octanol–water partition coefficient (Wildman–Crippen LogP) is 4.39. The van der Waals surface area contributed by atoms with Crippen LogP contribution in [0.15, 0.2) is 59.0 Å². The molecule has 3 rings (SSSR count). The molecule has 0 spiro atoms. The Balaban J connectivity index is 1.63. The minimum atomic E-state index is -3.86. The number of carbonyl (C=O) groups is 1. The summed E-state index contributed by atoms with van der Waals surface area (Å²) < 4.78 is 54.6. The number of benzene rings is 2. The van der Waals surface area contributed by atoms with E-state index in [9.17, 15) is 22.0 Å². The number of carbonyl (C=O) groups excluding carboxylic acids is 1. The van der Waals surface area contributed by atoms with Crippen molar-refractivity contribution in [1.29, 1.82) is 0 Å². The highest BCUT2D eigenvalue weighted by Crippen LogP contribution is 2.21. The maximum absolute atomic E-state index is 14.4. The number of rotatable bonds is 7. The maximum atomic E-state index is 14.4. The van der Waals surface area contributed by atoms with Gasteiger partial charge in [0.15, 0.2) is 0 Å². The summed E-state index contributed by atoms with van der Waals surface area (Å²) in [7, 11) is -3.86. The topological polar surface area (TPSA) is 75.3 Å². The quantitative estimate of drug-likeness (QED) is 0.653. The van der Waals surface area contributed by atoms with Crippen LogP contribution < -0.4 is 10.0 Å². The monoisotopic (exact) mass is 420 g/mol. The van der Waals surface area contributed by atoms with E-state index in [2.05, 4.69) is 16.1 Å². The van der Waals surface area contributed by atoms with E-state index in [-0.39, 0.29) is 22.7 Å². The number of anilines is 1.